The first-order valence-electron chi connectivity index (χ1n) is 6.39. The van der Waals surface area contributed by atoms with E-state index >= 15 is 0 Å². The van der Waals surface area contributed by atoms with Crippen molar-refractivity contribution in [2.75, 3.05) is 18.5 Å². The maximum atomic E-state index is 5.60. The number of tetrazole rings is 1. The average molecular weight is 270 g/mol. The fourth-order valence-electron chi connectivity index (χ4n) is 1.74. The van der Waals surface area contributed by atoms with Crippen LogP contribution in [0, 0.1) is 0 Å². The first-order chi connectivity index (χ1) is 9.92. The highest BCUT2D eigenvalue weighted by Crippen LogP contribution is 2.08. The van der Waals surface area contributed by atoms with Gasteiger partial charge in [0, 0.05) is 6.54 Å². The largest absolute Gasteiger partial charge is 0.494 e. The smallest absolute Gasteiger partial charge is 0.200 e. The van der Waals surface area contributed by atoms with Crippen molar-refractivity contribution in [2.45, 2.75) is 6.42 Å². The van der Waals surface area contributed by atoms with Gasteiger partial charge in [0.1, 0.15) is 11.6 Å². The third-order valence-electron chi connectivity index (χ3n) is 2.71. The number of hydrogen-bond donors (Lipinski definition) is 1. The molecular weight excluding hydrogens is 256 g/mol. The van der Waals surface area contributed by atoms with E-state index in [1.165, 1.54) is 4.63 Å². The van der Waals surface area contributed by atoms with Gasteiger partial charge in [-0.3, -0.25) is 0 Å². The number of rotatable bonds is 6. The maximum absolute atomic E-state index is 5.60. The normalized spacial score (nSPS) is 10.6. The molecule has 2 aromatic heterocycles. The Morgan fingerprint density at radius 3 is 2.90 bits per heavy atom. The van der Waals surface area contributed by atoms with E-state index in [0.29, 0.717) is 12.3 Å². The van der Waals surface area contributed by atoms with Crippen LogP contribution >= 0.6 is 0 Å². The lowest BCUT2D eigenvalue weighted by atomic mass is 10.3. The van der Waals surface area contributed by atoms with Gasteiger partial charge in [-0.05, 0) is 41.1 Å². The molecule has 0 radical (unpaired) electrons. The number of fused-ring (bicyclic) bond motifs is 1. The van der Waals surface area contributed by atoms with Crippen LogP contribution in [-0.2, 0) is 0 Å². The van der Waals surface area contributed by atoms with Gasteiger partial charge in [0.05, 0.1) is 6.61 Å². The molecule has 102 valence electrons. The Bertz CT molecular complexity index is 669. The molecular formula is C13H14N6O. The van der Waals surface area contributed by atoms with E-state index in [1.54, 1.807) is 0 Å². The van der Waals surface area contributed by atoms with Crippen molar-refractivity contribution in [3.63, 3.8) is 0 Å². The molecule has 0 bridgehead atoms. The second-order valence-electron chi connectivity index (χ2n) is 4.19. The number of para-hydroxylation sites is 1. The number of benzene rings is 1. The summed E-state index contributed by atoms with van der Waals surface area (Å²) in [5, 5.41) is 18.5. The van der Waals surface area contributed by atoms with Crippen molar-refractivity contribution >= 4 is 11.5 Å². The van der Waals surface area contributed by atoms with E-state index in [4.69, 9.17) is 4.74 Å². The predicted octanol–water partition coefficient (Wildman–Crippen LogP) is 1.40. The zero-order valence-corrected chi connectivity index (χ0v) is 10.8. The number of hydrogen-bond acceptors (Lipinski definition) is 6. The quantitative estimate of drug-likeness (QED) is 0.682. The summed E-state index contributed by atoms with van der Waals surface area (Å²) >= 11 is 0. The monoisotopic (exact) mass is 270 g/mol. The zero-order chi connectivity index (χ0) is 13.6. The third-order valence-corrected chi connectivity index (χ3v) is 2.71. The van der Waals surface area contributed by atoms with Crippen molar-refractivity contribution in [1.29, 1.82) is 0 Å². The highest BCUT2D eigenvalue weighted by atomic mass is 16.5. The maximum Gasteiger partial charge on any atom is 0.200 e. The van der Waals surface area contributed by atoms with Crippen LogP contribution < -0.4 is 10.1 Å². The van der Waals surface area contributed by atoms with Gasteiger partial charge in [-0.25, -0.2) is 0 Å². The third kappa shape index (κ3) is 3.00. The van der Waals surface area contributed by atoms with Crippen LogP contribution in [0.5, 0.6) is 5.75 Å². The molecule has 0 aliphatic carbocycles. The van der Waals surface area contributed by atoms with E-state index in [2.05, 4.69) is 25.9 Å². The van der Waals surface area contributed by atoms with Crippen molar-refractivity contribution in [3.05, 3.63) is 42.5 Å². The van der Waals surface area contributed by atoms with Crippen molar-refractivity contribution in [3.8, 4) is 5.75 Å². The number of anilines is 1. The van der Waals surface area contributed by atoms with Gasteiger partial charge in [0.25, 0.3) is 0 Å². The Morgan fingerprint density at radius 2 is 2.00 bits per heavy atom. The zero-order valence-electron chi connectivity index (χ0n) is 10.8. The molecule has 0 saturated carbocycles. The lowest BCUT2D eigenvalue weighted by molar-refractivity contribution is 0.315. The van der Waals surface area contributed by atoms with Crippen LogP contribution in [0.15, 0.2) is 42.5 Å². The minimum atomic E-state index is 0.628. The fourth-order valence-corrected chi connectivity index (χ4v) is 1.74. The molecule has 7 heteroatoms. The summed E-state index contributed by atoms with van der Waals surface area (Å²) in [6.07, 6.45) is 0.879. The van der Waals surface area contributed by atoms with Crippen molar-refractivity contribution in [1.82, 2.24) is 25.3 Å². The fraction of sp³-hybridized carbons (Fsp3) is 0.231. The van der Waals surface area contributed by atoms with Gasteiger partial charge >= 0.3 is 0 Å². The second-order valence-corrected chi connectivity index (χ2v) is 4.19. The molecule has 3 rings (SSSR count). The molecule has 0 saturated heterocycles. The molecule has 0 spiro atoms. The number of nitrogens with zero attached hydrogens (tertiary/aromatic N) is 5. The molecule has 2 heterocycles. The molecule has 0 atom stereocenters. The van der Waals surface area contributed by atoms with Gasteiger partial charge in [-0.1, -0.05) is 18.2 Å². The topological polar surface area (TPSA) is 77.2 Å². The minimum absolute atomic E-state index is 0.628. The lowest BCUT2D eigenvalue weighted by Crippen LogP contribution is -2.09. The molecule has 0 unspecified atom stereocenters. The van der Waals surface area contributed by atoms with E-state index < -0.39 is 0 Å². The molecule has 0 aliphatic heterocycles. The Morgan fingerprint density at radius 1 is 1.10 bits per heavy atom. The molecule has 1 aromatic carbocycles. The molecule has 7 nitrogen and oxygen atoms in total. The summed E-state index contributed by atoms with van der Waals surface area (Å²) in [6.45, 7) is 1.43. The summed E-state index contributed by atoms with van der Waals surface area (Å²) in [4.78, 5) is 0. The molecule has 0 amide bonds. The molecule has 0 fully saturated rings. The standard InChI is InChI=1S/C13H14N6O/c1-2-5-11(6-3-1)20-10-4-9-14-12-7-8-13-15-17-18-19(13)16-12/h1-3,5-8H,4,9-10H2,(H,14,16). The van der Waals surface area contributed by atoms with Crippen LogP contribution in [0.25, 0.3) is 5.65 Å². The lowest BCUT2D eigenvalue weighted by Gasteiger charge is -2.07. The number of ether oxygens (including phenoxy) is 1. The summed E-state index contributed by atoms with van der Waals surface area (Å²) in [5.74, 6) is 1.63. The van der Waals surface area contributed by atoms with Crippen LogP contribution in [0.3, 0.4) is 0 Å². The van der Waals surface area contributed by atoms with E-state index in [1.807, 2.05) is 42.5 Å². The Balaban J connectivity index is 1.43. The van der Waals surface area contributed by atoms with Gasteiger partial charge in [0.15, 0.2) is 5.65 Å². The second kappa shape index (κ2) is 5.96. The Labute approximate surface area is 115 Å². The summed E-state index contributed by atoms with van der Waals surface area (Å²) in [6, 6.07) is 13.4. The minimum Gasteiger partial charge on any atom is -0.494 e. The highest BCUT2D eigenvalue weighted by Gasteiger charge is 1.99. The summed E-state index contributed by atoms with van der Waals surface area (Å²) in [7, 11) is 0. The van der Waals surface area contributed by atoms with Gasteiger partial charge in [-0.15, -0.1) is 14.8 Å². The van der Waals surface area contributed by atoms with Crippen LogP contribution in [0.4, 0.5) is 5.82 Å². The van der Waals surface area contributed by atoms with Crippen LogP contribution in [0.2, 0.25) is 0 Å². The van der Waals surface area contributed by atoms with Crippen molar-refractivity contribution < 1.29 is 4.74 Å². The first-order valence-corrected chi connectivity index (χ1v) is 6.39. The molecule has 0 aliphatic rings. The predicted molar refractivity (Wildman–Crippen MR) is 73.6 cm³/mol. The van der Waals surface area contributed by atoms with Gasteiger partial charge in [-0.2, -0.15) is 0 Å². The molecule has 20 heavy (non-hydrogen) atoms. The van der Waals surface area contributed by atoms with Gasteiger partial charge < -0.3 is 10.1 Å². The van der Waals surface area contributed by atoms with E-state index in [9.17, 15) is 0 Å². The highest BCUT2D eigenvalue weighted by molar-refractivity contribution is 5.41. The van der Waals surface area contributed by atoms with E-state index in [-0.39, 0.29) is 0 Å². The number of aromatic nitrogens is 5. The SMILES string of the molecule is c1ccc(OCCCNc2ccc3nnnn3n2)cc1. The summed E-state index contributed by atoms with van der Waals surface area (Å²) < 4.78 is 7.00. The van der Waals surface area contributed by atoms with Crippen LogP contribution in [0.1, 0.15) is 6.42 Å². The van der Waals surface area contributed by atoms with Crippen molar-refractivity contribution in [2.24, 2.45) is 0 Å². The number of nitrogens with one attached hydrogen (secondary N) is 1. The molecule has 3 aromatic rings. The Kier molecular flexibility index (Phi) is 3.68. The average Bonchev–Trinajstić information content (AvgIpc) is 2.95. The van der Waals surface area contributed by atoms with Crippen LogP contribution in [-0.4, -0.2) is 38.4 Å². The molecule has 1 N–H and O–H groups in total. The first kappa shape index (κ1) is 12.3. The van der Waals surface area contributed by atoms with E-state index in [0.717, 1.165) is 24.5 Å². The Hall–Kier alpha value is -2.70. The summed E-state index contributed by atoms with van der Waals surface area (Å²) in [5.41, 5.74) is 0.628. The van der Waals surface area contributed by atoms with Gasteiger partial charge in [0.2, 0.25) is 0 Å².